The summed E-state index contributed by atoms with van der Waals surface area (Å²) in [6, 6.07) is 8.01. The highest BCUT2D eigenvalue weighted by atomic mass is 16.5. The van der Waals surface area contributed by atoms with Gasteiger partial charge in [0.2, 0.25) is 0 Å². The van der Waals surface area contributed by atoms with Gasteiger partial charge in [-0.1, -0.05) is 18.2 Å². The number of pyridine rings is 1. The summed E-state index contributed by atoms with van der Waals surface area (Å²) in [6.07, 6.45) is 2.17. The molecule has 1 aliphatic rings. The molecule has 1 fully saturated rings. The Morgan fingerprint density at radius 3 is 3.10 bits per heavy atom. The summed E-state index contributed by atoms with van der Waals surface area (Å²) in [5.41, 5.74) is 8.70. The first-order valence-corrected chi connectivity index (χ1v) is 6.91. The maximum Gasteiger partial charge on any atom is 0.407 e. The van der Waals surface area contributed by atoms with Crippen LogP contribution in [-0.2, 0) is 4.74 Å². The number of fused-ring (bicyclic) bond motifs is 1. The lowest BCUT2D eigenvalue weighted by Gasteiger charge is -2.22. The van der Waals surface area contributed by atoms with Gasteiger partial charge in [-0.3, -0.25) is 4.98 Å². The predicted octanol–water partition coefficient (Wildman–Crippen LogP) is 1.75. The maximum atomic E-state index is 11.3. The monoisotopic (exact) mass is 286 g/mol. The van der Waals surface area contributed by atoms with Crippen LogP contribution in [0.15, 0.2) is 30.5 Å². The normalized spacial score (nSPS) is 18.0. The van der Waals surface area contributed by atoms with E-state index in [4.69, 9.17) is 5.73 Å². The molecule has 1 amide bonds. The zero-order valence-corrected chi connectivity index (χ0v) is 11.9. The van der Waals surface area contributed by atoms with Gasteiger partial charge in [0.15, 0.2) is 0 Å². The van der Waals surface area contributed by atoms with Gasteiger partial charge in [0.25, 0.3) is 0 Å². The second kappa shape index (κ2) is 5.47. The molecule has 0 bridgehead atoms. The van der Waals surface area contributed by atoms with Crippen molar-refractivity contribution in [2.45, 2.75) is 12.5 Å². The lowest BCUT2D eigenvalue weighted by atomic mass is 10.1. The smallest absolute Gasteiger partial charge is 0.407 e. The molecule has 1 aromatic heterocycles. The van der Waals surface area contributed by atoms with Crippen molar-refractivity contribution in [2.24, 2.45) is 0 Å². The first kappa shape index (κ1) is 13.5. The van der Waals surface area contributed by atoms with Crippen LogP contribution in [0.3, 0.4) is 0 Å². The standard InChI is InChI=1S/C15H18N4O2/c1-21-15(20)18-10-6-7-19(9-10)14-11-4-2-3-5-13(11)17-8-12(14)16/h2-5,8,10H,6-7,9,16H2,1H3,(H,18,20). The van der Waals surface area contributed by atoms with Crippen molar-refractivity contribution >= 4 is 28.4 Å². The Morgan fingerprint density at radius 1 is 1.48 bits per heavy atom. The fourth-order valence-corrected chi connectivity index (χ4v) is 2.80. The Kier molecular flexibility index (Phi) is 3.51. The van der Waals surface area contributed by atoms with Gasteiger partial charge in [-0.15, -0.1) is 0 Å². The minimum Gasteiger partial charge on any atom is -0.453 e. The average molecular weight is 286 g/mol. The summed E-state index contributed by atoms with van der Waals surface area (Å²) in [4.78, 5) is 17.9. The third-order valence-electron chi connectivity index (χ3n) is 3.79. The second-order valence-electron chi connectivity index (χ2n) is 5.15. The number of nitrogens with two attached hydrogens (primary N) is 1. The van der Waals surface area contributed by atoms with Crippen LogP contribution < -0.4 is 16.0 Å². The topological polar surface area (TPSA) is 80.5 Å². The summed E-state index contributed by atoms with van der Waals surface area (Å²) < 4.78 is 4.64. The molecule has 0 saturated carbocycles. The number of nitrogens with one attached hydrogen (secondary N) is 1. The van der Waals surface area contributed by atoms with E-state index in [9.17, 15) is 4.79 Å². The molecule has 6 nitrogen and oxygen atoms in total. The number of nitrogens with zero attached hydrogens (tertiary/aromatic N) is 2. The Bertz CT molecular complexity index is 674. The largest absolute Gasteiger partial charge is 0.453 e. The van der Waals surface area contributed by atoms with Crippen molar-refractivity contribution in [1.29, 1.82) is 0 Å². The van der Waals surface area contributed by atoms with Crippen molar-refractivity contribution in [1.82, 2.24) is 10.3 Å². The molecule has 21 heavy (non-hydrogen) atoms. The van der Waals surface area contributed by atoms with Gasteiger partial charge in [0.1, 0.15) is 0 Å². The summed E-state index contributed by atoms with van der Waals surface area (Å²) in [6.45, 7) is 1.56. The number of hydrogen-bond donors (Lipinski definition) is 2. The van der Waals surface area contributed by atoms with E-state index in [2.05, 4.69) is 19.9 Å². The molecule has 1 aliphatic heterocycles. The van der Waals surface area contributed by atoms with E-state index in [-0.39, 0.29) is 6.04 Å². The first-order chi connectivity index (χ1) is 10.2. The third kappa shape index (κ3) is 2.56. The lowest BCUT2D eigenvalue weighted by molar-refractivity contribution is 0.167. The molecular formula is C15H18N4O2. The van der Waals surface area contributed by atoms with E-state index in [0.29, 0.717) is 12.2 Å². The molecule has 2 heterocycles. The van der Waals surface area contributed by atoms with E-state index in [0.717, 1.165) is 29.6 Å². The summed E-state index contributed by atoms with van der Waals surface area (Å²) in [5, 5.41) is 3.87. The summed E-state index contributed by atoms with van der Waals surface area (Å²) in [5.74, 6) is 0. The van der Waals surface area contributed by atoms with Crippen LogP contribution in [0.1, 0.15) is 6.42 Å². The number of methoxy groups -OCH3 is 1. The van der Waals surface area contributed by atoms with Crippen molar-refractivity contribution in [2.75, 3.05) is 30.8 Å². The number of carbonyl (C=O) groups excluding carboxylic acids is 1. The zero-order chi connectivity index (χ0) is 14.8. The molecule has 1 atom stereocenters. The number of hydrogen-bond acceptors (Lipinski definition) is 5. The van der Waals surface area contributed by atoms with E-state index in [1.807, 2.05) is 24.3 Å². The maximum absolute atomic E-state index is 11.3. The van der Waals surface area contributed by atoms with E-state index in [1.165, 1.54) is 7.11 Å². The SMILES string of the molecule is COC(=O)NC1CCN(c2c(N)cnc3ccccc23)C1. The van der Waals surface area contributed by atoms with Gasteiger partial charge >= 0.3 is 6.09 Å². The van der Waals surface area contributed by atoms with E-state index >= 15 is 0 Å². The highest BCUT2D eigenvalue weighted by molar-refractivity contribution is 5.97. The minimum absolute atomic E-state index is 0.0729. The van der Waals surface area contributed by atoms with Gasteiger partial charge in [0, 0.05) is 18.5 Å². The van der Waals surface area contributed by atoms with E-state index in [1.54, 1.807) is 6.20 Å². The Labute approximate surface area is 122 Å². The fourth-order valence-electron chi connectivity index (χ4n) is 2.80. The molecule has 3 N–H and O–H groups in total. The van der Waals surface area contributed by atoms with Crippen molar-refractivity contribution < 1.29 is 9.53 Å². The molecule has 1 unspecified atom stereocenters. The molecule has 0 aliphatic carbocycles. The van der Waals surface area contributed by atoms with Gasteiger partial charge in [0.05, 0.1) is 36.2 Å². The van der Waals surface area contributed by atoms with Gasteiger partial charge in [-0.25, -0.2) is 4.79 Å². The Balaban J connectivity index is 1.88. The van der Waals surface area contributed by atoms with Crippen molar-refractivity contribution in [3.05, 3.63) is 30.5 Å². The number of nitrogen functional groups attached to an aromatic ring is 1. The number of benzene rings is 1. The van der Waals surface area contributed by atoms with Crippen molar-refractivity contribution in [3.8, 4) is 0 Å². The number of carbonyl (C=O) groups is 1. The number of anilines is 2. The van der Waals surface area contributed by atoms with E-state index < -0.39 is 6.09 Å². The summed E-state index contributed by atoms with van der Waals surface area (Å²) in [7, 11) is 1.37. The number of para-hydroxylation sites is 1. The number of ether oxygens (including phenoxy) is 1. The second-order valence-corrected chi connectivity index (χ2v) is 5.15. The molecule has 0 radical (unpaired) electrons. The number of amides is 1. The predicted molar refractivity (Wildman–Crippen MR) is 82.3 cm³/mol. The molecular weight excluding hydrogens is 268 g/mol. The molecule has 1 aromatic carbocycles. The molecule has 2 aromatic rings. The van der Waals surface area contributed by atoms with Crippen LogP contribution >= 0.6 is 0 Å². The van der Waals surface area contributed by atoms with Crippen LogP contribution in [0.4, 0.5) is 16.2 Å². The molecule has 110 valence electrons. The summed E-state index contributed by atoms with van der Waals surface area (Å²) >= 11 is 0. The van der Waals surface area contributed by atoms with Crippen LogP contribution in [0, 0.1) is 0 Å². The van der Waals surface area contributed by atoms with Gasteiger partial charge < -0.3 is 20.7 Å². The van der Waals surface area contributed by atoms with Gasteiger partial charge in [-0.2, -0.15) is 0 Å². The quantitative estimate of drug-likeness (QED) is 0.879. The van der Waals surface area contributed by atoms with Crippen LogP contribution in [0.25, 0.3) is 10.9 Å². The third-order valence-corrected chi connectivity index (χ3v) is 3.79. The number of aromatic nitrogens is 1. The highest BCUT2D eigenvalue weighted by Gasteiger charge is 2.26. The molecule has 3 rings (SSSR count). The lowest BCUT2D eigenvalue weighted by Crippen LogP contribution is -2.37. The average Bonchev–Trinajstić information content (AvgIpc) is 2.95. The molecule has 6 heteroatoms. The minimum atomic E-state index is -0.394. The zero-order valence-electron chi connectivity index (χ0n) is 11.9. The molecule has 0 spiro atoms. The van der Waals surface area contributed by atoms with Crippen molar-refractivity contribution in [3.63, 3.8) is 0 Å². The number of alkyl carbamates (subject to hydrolysis) is 1. The van der Waals surface area contributed by atoms with Crippen LogP contribution in [0.5, 0.6) is 0 Å². The number of rotatable bonds is 2. The molecule has 1 saturated heterocycles. The Hall–Kier alpha value is -2.50. The first-order valence-electron chi connectivity index (χ1n) is 6.91. The fraction of sp³-hybridized carbons (Fsp3) is 0.333. The Morgan fingerprint density at radius 2 is 2.29 bits per heavy atom. The van der Waals surface area contributed by atoms with Crippen LogP contribution in [0.2, 0.25) is 0 Å². The van der Waals surface area contributed by atoms with Gasteiger partial charge in [-0.05, 0) is 12.5 Å². The highest BCUT2D eigenvalue weighted by Crippen LogP contribution is 2.33. The van der Waals surface area contributed by atoms with Crippen LogP contribution in [-0.4, -0.2) is 37.3 Å².